The maximum atomic E-state index is 11.1. The van der Waals surface area contributed by atoms with Crippen LogP contribution in [0.15, 0.2) is 5.16 Å². The fourth-order valence-corrected chi connectivity index (χ4v) is 0.0436. The number of hydrogen-bond acceptors (Lipinski definition) is 2. The van der Waals surface area contributed by atoms with E-state index >= 15 is 0 Å². The van der Waals surface area contributed by atoms with Gasteiger partial charge in [0.2, 0.25) is 0 Å². The lowest BCUT2D eigenvalue weighted by Gasteiger charge is -1.89. The van der Waals surface area contributed by atoms with Gasteiger partial charge in [-0.2, -0.15) is 0 Å². The first kappa shape index (κ1) is 6.33. The van der Waals surface area contributed by atoms with Crippen molar-refractivity contribution in [2.45, 2.75) is 13.3 Å². The molecule has 0 radical (unpaired) electrons. The molecule has 0 saturated carbocycles. The van der Waals surface area contributed by atoms with E-state index in [1.165, 1.54) is 0 Å². The van der Waals surface area contributed by atoms with Crippen molar-refractivity contribution in [1.82, 2.24) is 0 Å². The zero-order valence-electron chi connectivity index (χ0n) is 3.73. The van der Waals surface area contributed by atoms with Gasteiger partial charge in [0.15, 0.2) is 0 Å². The van der Waals surface area contributed by atoms with Crippen LogP contribution in [0.3, 0.4) is 0 Å². The Morgan fingerprint density at radius 3 is 2.14 bits per heavy atom. The zero-order valence-corrected chi connectivity index (χ0v) is 3.73. The van der Waals surface area contributed by atoms with E-state index in [2.05, 4.69) is 5.16 Å². The van der Waals surface area contributed by atoms with Crippen LogP contribution < -0.4 is 0 Å². The Balaban J connectivity index is 3.56. The molecule has 0 fully saturated rings. The van der Waals surface area contributed by atoms with Crippen LogP contribution in [0.2, 0.25) is 0 Å². The Labute approximate surface area is 39.4 Å². The largest absolute Gasteiger partial charge is 0.411 e. The van der Waals surface area contributed by atoms with E-state index < -0.39 is 12.1 Å². The van der Waals surface area contributed by atoms with E-state index in [1.54, 1.807) is 0 Å². The molecule has 0 aliphatic heterocycles. The van der Waals surface area contributed by atoms with Crippen molar-refractivity contribution in [2.24, 2.45) is 5.16 Å². The molecular weight excluding hydrogens is 104 g/mol. The minimum atomic E-state index is -2.63. The molecule has 0 saturated heterocycles. The van der Waals surface area contributed by atoms with Gasteiger partial charge in [0, 0.05) is 0 Å². The Bertz CT molecular complexity index is 81.0. The molecule has 0 aromatic rings. The predicted octanol–water partition coefficient (Wildman–Crippen LogP) is 1.10. The fraction of sp³-hybridized carbons (Fsp3) is 0.667. The van der Waals surface area contributed by atoms with Crippen LogP contribution >= 0.6 is 0 Å². The van der Waals surface area contributed by atoms with Gasteiger partial charge in [-0.1, -0.05) is 5.16 Å². The summed E-state index contributed by atoms with van der Waals surface area (Å²) in [6.45, 7) is 1.05. The second-order valence-corrected chi connectivity index (χ2v) is 1.04. The van der Waals surface area contributed by atoms with Crippen LogP contribution in [0.5, 0.6) is 0 Å². The third-order valence-electron chi connectivity index (χ3n) is 0.474. The molecule has 0 heterocycles. The summed E-state index contributed by atoms with van der Waals surface area (Å²) in [5, 5.41) is 9.87. The summed E-state index contributed by atoms with van der Waals surface area (Å²) in [7, 11) is 0. The summed E-state index contributed by atoms with van der Waals surface area (Å²) >= 11 is 0. The average molecular weight is 109 g/mol. The number of oxime groups is 1. The highest BCUT2D eigenvalue weighted by Gasteiger charge is 2.04. The molecule has 2 nitrogen and oxygen atoms in total. The van der Waals surface area contributed by atoms with Gasteiger partial charge in [0.25, 0.3) is 6.43 Å². The van der Waals surface area contributed by atoms with E-state index in [-0.39, 0.29) is 0 Å². The molecule has 7 heavy (non-hydrogen) atoms. The van der Waals surface area contributed by atoms with E-state index in [0.717, 1.165) is 6.92 Å². The standard InChI is InChI=1S/C3H5F2NO/c1-2(6-7)3(4)5/h3,7H,1H3. The van der Waals surface area contributed by atoms with Gasteiger partial charge < -0.3 is 5.21 Å². The number of nitrogens with zero attached hydrogens (tertiary/aromatic N) is 1. The summed E-state index contributed by atoms with van der Waals surface area (Å²) in [6.07, 6.45) is -2.63. The van der Waals surface area contributed by atoms with Crippen molar-refractivity contribution in [1.29, 1.82) is 0 Å². The van der Waals surface area contributed by atoms with Crippen LogP contribution in [0.4, 0.5) is 8.78 Å². The van der Waals surface area contributed by atoms with Crippen molar-refractivity contribution in [3.05, 3.63) is 0 Å². The highest BCUT2D eigenvalue weighted by atomic mass is 19.3. The first-order valence-corrected chi connectivity index (χ1v) is 1.65. The molecule has 0 aromatic heterocycles. The lowest BCUT2D eigenvalue weighted by Crippen LogP contribution is -2.03. The molecule has 42 valence electrons. The molecule has 4 heteroatoms. The van der Waals surface area contributed by atoms with E-state index in [9.17, 15) is 8.78 Å². The summed E-state index contributed by atoms with van der Waals surface area (Å²) < 4.78 is 22.3. The van der Waals surface area contributed by atoms with Crippen molar-refractivity contribution >= 4 is 5.71 Å². The maximum absolute atomic E-state index is 11.1. The second kappa shape index (κ2) is 2.49. The minimum absolute atomic E-state index is 0.556. The second-order valence-electron chi connectivity index (χ2n) is 1.04. The van der Waals surface area contributed by atoms with Crippen molar-refractivity contribution in [3.63, 3.8) is 0 Å². The molecule has 0 amide bonds. The van der Waals surface area contributed by atoms with Gasteiger partial charge in [0.1, 0.15) is 5.71 Å². The number of halogens is 2. The maximum Gasteiger partial charge on any atom is 0.279 e. The molecular formula is C3H5F2NO. The smallest absolute Gasteiger partial charge is 0.279 e. The van der Waals surface area contributed by atoms with Crippen LogP contribution in [0.25, 0.3) is 0 Å². The Morgan fingerprint density at radius 2 is 2.14 bits per heavy atom. The number of hydrogen-bond donors (Lipinski definition) is 1. The van der Waals surface area contributed by atoms with Crippen LogP contribution in [0.1, 0.15) is 6.92 Å². The summed E-state index contributed by atoms with van der Waals surface area (Å²) in [5.74, 6) is 0. The predicted molar refractivity (Wildman–Crippen MR) is 20.9 cm³/mol. The number of rotatable bonds is 1. The highest BCUT2D eigenvalue weighted by Crippen LogP contribution is 1.93. The fourth-order valence-electron chi connectivity index (χ4n) is 0.0436. The monoisotopic (exact) mass is 109 g/mol. The van der Waals surface area contributed by atoms with Gasteiger partial charge in [0.05, 0.1) is 0 Å². The van der Waals surface area contributed by atoms with Gasteiger partial charge in [-0.25, -0.2) is 8.78 Å². The molecule has 0 spiro atoms. The average Bonchev–Trinajstić information content (AvgIpc) is 1.65. The summed E-state index contributed by atoms with van der Waals surface area (Å²) in [6, 6.07) is 0. The molecule has 0 bridgehead atoms. The lowest BCUT2D eigenvalue weighted by molar-refractivity contribution is 0.213. The van der Waals surface area contributed by atoms with Gasteiger partial charge >= 0.3 is 0 Å². The molecule has 0 rings (SSSR count). The van der Waals surface area contributed by atoms with Crippen LogP contribution in [0, 0.1) is 0 Å². The molecule has 0 aliphatic carbocycles. The van der Waals surface area contributed by atoms with Gasteiger partial charge in [-0.15, -0.1) is 0 Å². The van der Waals surface area contributed by atoms with E-state index in [4.69, 9.17) is 5.21 Å². The molecule has 0 unspecified atom stereocenters. The summed E-state index contributed by atoms with van der Waals surface area (Å²) in [4.78, 5) is 0. The summed E-state index contributed by atoms with van der Waals surface area (Å²) in [5.41, 5.74) is -0.556. The minimum Gasteiger partial charge on any atom is -0.411 e. The molecule has 0 aromatic carbocycles. The Kier molecular flexibility index (Phi) is 2.26. The van der Waals surface area contributed by atoms with Crippen molar-refractivity contribution < 1.29 is 14.0 Å². The normalized spacial score (nSPS) is 12.9. The van der Waals surface area contributed by atoms with Crippen LogP contribution in [-0.4, -0.2) is 17.3 Å². The van der Waals surface area contributed by atoms with Crippen molar-refractivity contribution in [2.75, 3.05) is 0 Å². The quantitative estimate of drug-likeness (QED) is 0.305. The SMILES string of the molecule is CC(=NO)C(F)F. The number of alkyl halides is 2. The molecule has 0 aliphatic rings. The molecule has 0 atom stereocenters. The van der Waals surface area contributed by atoms with E-state index in [1.807, 2.05) is 0 Å². The molecule has 1 N–H and O–H groups in total. The van der Waals surface area contributed by atoms with Gasteiger partial charge in [-0.3, -0.25) is 0 Å². The first-order chi connectivity index (χ1) is 3.18. The third kappa shape index (κ3) is 2.08. The highest BCUT2D eigenvalue weighted by molar-refractivity contribution is 5.84. The topological polar surface area (TPSA) is 32.6 Å². The lowest BCUT2D eigenvalue weighted by atomic mass is 10.5. The Hall–Kier alpha value is -0.670. The van der Waals surface area contributed by atoms with Gasteiger partial charge in [-0.05, 0) is 6.92 Å². The first-order valence-electron chi connectivity index (χ1n) is 1.65. The third-order valence-corrected chi connectivity index (χ3v) is 0.474. The Morgan fingerprint density at radius 1 is 1.71 bits per heavy atom. The van der Waals surface area contributed by atoms with Crippen molar-refractivity contribution in [3.8, 4) is 0 Å². The zero-order chi connectivity index (χ0) is 5.86. The van der Waals surface area contributed by atoms with E-state index in [0.29, 0.717) is 0 Å². The van der Waals surface area contributed by atoms with Crippen LogP contribution in [-0.2, 0) is 0 Å².